The third kappa shape index (κ3) is 2.06. The van der Waals surface area contributed by atoms with Gasteiger partial charge in [-0.2, -0.15) is 0 Å². The molecule has 2 rings (SSSR count). The molecule has 94 valence electrons. The van der Waals surface area contributed by atoms with Crippen molar-refractivity contribution in [1.82, 2.24) is 15.2 Å². The minimum Gasteiger partial charge on any atom is -0.340 e. The largest absolute Gasteiger partial charge is 0.340 e. The van der Waals surface area contributed by atoms with Crippen LogP contribution in [0.2, 0.25) is 0 Å². The summed E-state index contributed by atoms with van der Waals surface area (Å²) in [6, 6.07) is 0.276. The van der Waals surface area contributed by atoms with E-state index < -0.39 is 23.7 Å². The van der Waals surface area contributed by atoms with Crippen LogP contribution in [0.15, 0.2) is 18.5 Å². The summed E-state index contributed by atoms with van der Waals surface area (Å²) in [7, 11) is 1.34. The second kappa shape index (κ2) is 4.52. The van der Waals surface area contributed by atoms with Gasteiger partial charge in [-0.25, -0.2) is 4.39 Å². The molecule has 0 aromatic carbocycles. The van der Waals surface area contributed by atoms with Crippen LogP contribution in [0.5, 0.6) is 0 Å². The van der Waals surface area contributed by atoms with Crippen molar-refractivity contribution >= 4 is 17.7 Å². The van der Waals surface area contributed by atoms with Crippen molar-refractivity contribution < 1.29 is 18.8 Å². The van der Waals surface area contributed by atoms with E-state index in [0.717, 1.165) is 11.1 Å². The number of nitrogens with one attached hydrogen (secondary N) is 1. The van der Waals surface area contributed by atoms with E-state index in [1.807, 2.05) is 0 Å². The Bertz CT molecular complexity index is 532. The Labute approximate surface area is 102 Å². The zero-order valence-electron chi connectivity index (χ0n) is 9.51. The van der Waals surface area contributed by atoms with Crippen LogP contribution in [0.1, 0.15) is 16.8 Å². The van der Waals surface area contributed by atoms with E-state index in [4.69, 9.17) is 0 Å². The molecule has 1 fully saturated rings. The molecule has 0 saturated carbocycles. The summed E-state index contributed by atoms with van der Waals surface area (Å²) in [5.74, 6) is -2.39. The van der Waals surface area contributed by atoms with Crippen molar-refractivity contribution in [3.8, 4) is 0 Å². The Morgan fingerprint density at radius 1 is 1.56 bits per heavy atom. The molecular weight excluding hydrogens is 241 g/mol. The van der Waals surface area contributed by atoms with Gasteiger partial charge in [-0.1, -0.05) is 0 Å². The lowest BCUT2D eigenvalue weighted by Crippen LogP contribution is -2.40. The Hall–Kier alpha value is -2.31. The fourth-order valence-corrected chi connectivity index (χ4v) is 1.66. The van der Waals surface area contributed by atoms with Crippen molar-refractivity contribution in [3.05, 3.63) is 29.8 Å². The van der Waals surface area contributed by atoms with Gasteiger partial charge in [0, 0.05) is 13.2 Å². The first-order valence-corrected chi connectivity index (χ1v) is 5.21. The monoisotopic (exact) mass is 251 g/mol. The number of likely N-dealkylation sites (tertiary alicyclic amines) is 1. The number of nitrogens with zero attached hydrogens (tertiary/aromatic N) is 2. The van der Waals surface area contributed by atoms with E-state index in [0.29, 0.717) is 0 Å². The van der Waals surface area contributed by atoms with Crippen LogP contribution in [0, 0.1) is 5.82 Å². The molecule has 6 nitrogen and oxygen atoms in total. The van der Waals surface area contributed by atoms with E-state index >= 15 is 0 Å². The first kappa shape index (κ1) is 12.2. The molecule has 0 aliphatic carbocycles. The molecule has 1 N–H and O–H groups in total. The summed E-state index contributed by atoms with van der Waals surface area (Å²) in [4.78, 5) is 39.0. The van der Waals surface area contributed by atoms with Gasteiger partial charge in [0.1, 0.15) is 6.04 Å². The lowest BCUT2D eigenvalue weighted by atomic mass is 10.2. The Kier molecular flexibility index (Phi) is 3.05. The van der Waals surface area contributed by atoms with Crippen molar-refractivity contribution in [3.63, 3.8) is 0 Å². The van der Waals surface area contributed by atoms with Crippen LogP contribution >= 0.6 is 0 Å². The molecule has 0 radical (unpaired) electrons. The molecule has 1 saturated heterocycles. The van der Waals surface area contributed by atoms with Gasteiger partial charge < -0.3 is 5.32 Å². The molecular formula is C11H10FN3O3. The van der Waals surface area contributed by atoms with E-state index in [-0.39, 0.29) is 17.9 Å². The minimum atomic E-state index is -0.928. The van der Waals surface area contributed by atoms with Gasteiger partial charge in [0.2, 0.25) is 5.91 Å². The first-order chi connectivity index (χ1) is 8.50. The number of pyridine rings is 1. The minimum absolute atomic E-state index is 0.103. The Balaban J connectivity index is 2.12. The van der Waals surface area contributed by atoms with Crippen molar-refractivity contribution in [2.75, 3.05) is 7.05 Å². The molecule has 1 aromatic heterocycles. The predicted octanol–water partition coefficient (Wildman–Crippen LogP) is -0.292. The number of rotatable bonds is 2. The molecule has 1 aromatic rings. The maximum absolute atomic E-state index is 13.3. The summed E-state index contributed by atoms with van der Waals surface area (Å²) in [6.45, 7) is 0. The maximum Gasteiger partial charge on any atom is 0.255 e. The summed E-state index contributed by atoms with van der Waals surface area (Å²) in [6.07, 6.45) is 2.07. The number of hydrogen-bond acceptors (Lipinski definition) is 4. The predicted molar refractivity (Wildman–Crippen MR) is 57.8 cm³/mol. The molecule has 1 atom stereocenters. The third-order valence-corrected chi connectivity index (χ3v) is 2.70. The zero-order chi connectivity index (χ0) is 13.3. The summed E-state index contributed by atoms with van der Waals surface area (Å²) in [5, 5.41) is 2.33. The van der Waals surface area contributed by atoms with E-state index in [9.17, 15) is 18.8 Å². The molecule has 7 heteroatoms. The Morgan fingerprint density at radius 2 is 2.28 bits per heavy atom. The quantitative estimate of drug-likeness (QED) is 0.732. The van der Waals surface area contributed by atoms with Gasteiger partial charge in [0.05, 0.1) is 18.2 Å². The van der Waals surface area contributed by atoms with Crippen molar-refractivity contribution in [2.24, 2.45) is 0 Å². The summed E-state index contributed by atoms with van der Waals surface area (Å²) >= 11 is 0. The number of carbonyl (C=O) groups is 3. The topological polar surface area (TPSA) is 79.4 Å². The van der Waals surface area contributed by atoms with Gasteiger partial charge in [-0.3, -0.25) is 24.3 Å². The highest BCUT2D eigenvalue weighted by Gasteiger charge is 2.37. The molecule has 1 aliphatic rings. The van der Waals surface area contributed by atoms with Crippen LogP contribution in [-0.2, 0) is 9.59 Å². The Morgan fingerprint density at radius 3 is 2.83 bits per heavy atom. The molecule has 1 aliphatic heterocycles. The van der Waals surface area contributed by atoms with Crippen LogP contribution in [0.25, 0.3) is 0 Å². The number of halogens is 1. The fraction of sp³-hybridized carbons (Fsp3) is 0.273. The van der Waals surface area contributed by atoms with E-state index in [2.05, 4.69) is 10.3 Å². The van der Waals surface area contributed by atoms with Crippen molar-refractivity contribution in [1.29, 1.82) is 0 Å². The summed E-state index contributed by atoms with van der Waals surface area (Å²) < 4.78 is 13.3. The van der Waals surface area contributed by atoms with E-state index in [1.165, 1.54) is 19.3 Å². The SMILES string of the molecule is CN1C(=O)CC(NC(=O)c2ccncc2F)C1=O. The van der Waals surface area contributed by atoms with Gasteiger partial charge in [0.25, 0.3) is 11.8 Å². The highest BCUT2D eigenvalue weighted by Crippen LogP contribution is 2.12. The first-order valence-electron chi connectivity index (χ1n) is 5.21. The van der Waals surface area contributed by atoms with Gasteiger partial charge in [-0.05, 0) is 6.07 Å². The second-order valence-corrected chi connectivity index (χ2v) is 3.88. The molecule has 1 unspecified atom stereocenters. The smallest absolute Gasteiger partial charge is 0.255 e. The average Bonchev–Trinajstić information content (AvgIpc) is 2.57. The highest BCUT2D eigenvalue weighted by molar-refractivity contribution is 6.08. The van der Waals surface area contributed by atoms with Crippen molar-refractivity contribution in [2.45, 2.75) is 12.5 Å². The zero-order valence-corrected chi connectivity index (χ0v) is 9.51. The number of amides is 3. The number of aromatic nitrogens is 1. The number of carbonyl (C=O) groups excluding carboxylic acids is 3. The van der Waals surface area contributed by atoms with Gasteiger partial charge in [-0.15, -0.1) is 0 Å². The lowest BCUT2D eigenvalue weighted by molar-refractivity contribution is -0.137. The third-order valence-electron chi connectivity index (χ3n) is 2.70. The van der Waals surface area contributed by atoms with Crippen LogP contribution < -0.4 is 5.32 Å². The molecule has 3 amide bonds. The standard InChI is InChI=1S/C11H10FN3O3/c1-15-9(16)4-8(11(15)18)14-10(17)6-2-3-13-5-7(6)12/h2-3,5,8H,4H2,1H3,(H,14,17). The highest BCUT2D eigenvalue weighted by atomic mass is 19.1. The summed E-state index contributed by atoms with van der Waals surface area (Å²) in [5.41, 5.74) is -0.209. The number of imide groups is 1. The number of likely N-dealkylation sites (N-methyl/N-ethyl adjacent to an activating group) is 1. The normalized spacial score (nSPS) is 19.2. The van der Waals surface area contributed by atoms with Gasteiger partial charge >= 0.3 is 0 Å². The maximum atomic E-state index is 13.3. The molecule has 0 spiro atoms. The average molecular weight is 251 g/mol. The fourth-order valence-electron chi connectivity index (χ4n) is 1.66. The van der Waals surface area contributed by atoms with Gasteiger partial charge in [0.15, 0.2) is 5.82 Å². The van der Waals surface area contributed by atoms with Crippen LogP contribution in [0.3, 0.4) is 0 Å². The molecule has 0 bridgehead atoms. The second-order valence-electron chi connectivity index (χ2n) is 3.88. The number of hydrogen-bond donors (Lipinski definition) is 1. The van der Waals surface area contributed by atoms with Crippen LogP contribution in [-0.4, -0.2) is 40.7 Å². The molecule has 2 heterocycles. The lowest BCUT2D eigenvalue weighted by Gasteiger charge is -2.11. The van der Waals surface area contributed by atoms with Crippen LogP contribution in [0.4, 0.5) is 4.39 Å². The van der Waals surface area contributed by atoms with E-state index in [1.54, 1.807) is 0 Å². The molecule has 18 heavy (non-hydrogen) atoms.